The number of rotatable bonds is 1. The maximum atomic E-state index is 11.6. The molecule has 5 nitrogen and oxygen atoms in total. The van der Waals surface area contributed by atoms with E-state index >= 15 is 0 Å². The first-order chi connectivity index (χ1) is 7.49. The molecule has 0 spiro atoms. The fourth-order valence-corrected chi connectivity index (χ4v) is 1.51. The van der Waals surface area contributed by atoms with Crippen LogP contribution in [0.5, 0.6) is 5.75 Å². The minimum Gasteiger partial charge on any atom is -0.507 e. The highest BCUT2D eigenvalue weighted by atomic mass is 16.4. The summed E-state index contributed by atoms with van der Waals surface area (Å²) in [4.78, 5) is 22.2. The number of aromatic hydroxyl groups is 1. The van der Waals surface area contributed by atoms with Gasteiger partial charge in [0.15, 0.2) is 5.43 Å². The van der Waals surface area contributed by atoms with Crippen molar-refractivity contribution in [2.24, 2.45) is 0 Å². The molecule has 1 aromatic carbocycles. The van der Waals surface area contributed by atoms with Crippen LogP contribution < -0.4 is 5.43 Å². The molecule has 2 N–H and O–H groups in total. The lowest BCUT2D eigenvalue weighted by molar-refractivity contribution is 0.0663. The minimum absolute atomic E-state index is 0.00407. The van der Waals surface area contributed by atoms with E-state index in [-0.39, 0.29) is 16.7 Å². The van der Waals surface area contributed by atoms with Gasteiger partial charge in [-0.1, -0.05) is 0 Å². The van der Waals surface area contributed by atoms with Crippen molar-refractivity contribution < 1.29 is 19.4 Å². The van der Waals surface area contributed by atoms with E-state index < -0.39 is 17.2 Å². The molecule has 2 rings (SSSR count). The highest BCUT2D eigenvalue weighted by molar-refractivity contribution is 5.89. The van der Waals surface area contributed by atoms with Gasteiger partial charge in [-0.3, -0.25) is 4.79 Å². The van der Waals surface area contributed by atoms with Crippen molar-refractivity contribution >= 4 is 16.9 Å². The van der Waals surface area contributed by atoms with E-state index in [1.54, 1.807) is 6.92 Å². The third-order valence-corrected chi connectivity index (χ3v) is 2.16. The van der Waals surface area contributed by atoms with Crippen molar-refractivity contribution in [3.05, 3.63) is 39.7 Å². The zero-order valence-corrected chi connectivity index (χ0v) is 8.35. The Kier molecular flexibility index (Phi) is 2.16. The molecular formula is C11H8O5. The van der Waals surface area contributed by atoms with Crippen LogP contribution in [-0.2, 0) is 0 Å². The summed E-state index contributed by atoms with van der Waals surface area (Å²) in [7, 11) is 0. The van der Waals surface area contributed by atoms with Crippen LogP contribution in [-0.4, -0.2) is 16.2 Å². The predicted octanol–water partition coefficient (Wildman–Crippen LogP) is 1.51. The highest BCUT2D eigenvalue weighted by Gasteiger charge is 2.13. The molecule has 82 valence electrons. The van der Waals surface area contributed by atoms with Crippen LogP contribution in [0.15, 0.2) is 27.4 Å². The smallest absolute Gasteiger partial charge is 0.371 e. The van der Waals surface area contributed by atoms with Gasteiger partial charge in [0.2, 0.25) is 5.76 Å². The standard InChI is InChI=1S/C11H8O5/c1-5-2-6(12)10-7(13)4-9(11(14)15)16-8(10)3-5/h2-4,12H,1H3,(H,14,15). The van der Waals surface area contributed by atoms with Crippen molar-refractivity contribution in [3.8, 4) is 5.75 Å². The maximum Gasteiger partial charge on any atom is 0.371 e. The van der Waals surface area contributed by atoms with Crippen molar-refractivity contribution in [3.63, 3.8) is 0 Å². The van der Waals surface area contributed by atoms with Crippen LogP contribution in [0.3, 0.4) is 0 Å². The summed E-state index contributed by atoms with van der Waals surface area (Å²) in [5.41, 5.74) is 0.175. The Morgan fingerprint density at radius 1 is 1.31 bits per heavy atom. The van der Waals surface area contributed by atoms with Crippen molar-refractivity contribution in [1.82, 2.24) is 0 Å². The Morgan fingerprint density at radius 3 is 2.62 bits per heavy atom. The maximum absolute atomic E-state index is 11.6. The molecule has 0 radical (unpaired) electrons. The second-order valence-corrected chi connectivity index (χ2v) is 3.44. The summed E-state index contributed by atoms with van der Waals surface area (Å²) in [6.07, 6.45) is 0. The molecule has 1 aromatic heterocycles. The third-order valence-electron chi connectivity index (χ3n) is 2.16. The van der Waals surface area contributed by atoms with Gasteiger partial charge in [-0.15, -0.1) is 0 Å². The number of benzene rings is 1. The average molecular weight is 220 g/mol. The molecule has 0 fully saturated rings. The molecule has 0 unspecified atom stereocenters. The van der Waals surface area contributed by atoms with Gasteiger partial charge in [0.25, 0.3) is 0 Å². The van der Waals surface area contributed by atoms with E-state index in [1.807, 2.05) is 0 Å². The fraction of sp³-hybridized carbons (Fsp3) is 0.0909. The summed E-state index contributed by atoms with van der Waals surface area (Å²) < 4.78 is 5.01. The molecule has 5 heteroatoms. The van der Waals surface area contributed by atoms with Crippen molar-refractivity contribution in [1.29, 1.82) is 0 Å². The summed E-state index contributed by atoms with van der Waals surface area (Å²) in [6.45, 7) is 1.70. The van der Waals surface area contributed by atoms with E-state index in [9.17, 15) is 14.7 Å². The van der Waals surface area contributed by atoms with E-state index in [2.05, 4.69) is 0 Å². The van der Waals surface area contributed by atoms with Crippen molar-refractivity contribution in [2.75, 3.05) is 0 Å². The number of carboxylic acids is 1. The van der Waals surface area contributed by atoms with E-state index in [1.165, 1.54) is 12.1 Å². The van der Waals surface area contributed by atoms with Crippen LogP contribution in [0.4, 0.5) is 0 Å². The summed E-state index contributed by atoms with van der Waals surface area (Å²) in [6, 6.07) is 3.77. The molecule has 0 saturated heterocycles. The van der Waals surface area contributed by atoms with Gasteiger partial charge in [-0.2, -0.15) is 0 Å². The van der Waals surface area contributed by atoms with Gasteiger partial charge in [-0.25, -0.2) is 4.79 Å². The fourth-order valence-electron chi connectivity index (χ4n) is 1.51. The Bertz CT molecular complexity index is 639. The second kappa shape index (κ2) is 3.37. The zero-order chi connectivity index (χ0) is 11.9. The molecule has 0 saturated carbocycles. The van der Waals surface area contributed by atoms with Gasteiger partial charge < -0.3 is 14.6 Å². The molecule has 0 atom stereocenters. The molecule has 0 aliphatic rings. The lowest BCUT2D eigenvalue weighted by atomic mass is 10.1. The number of carbonyl (C=O) groups is 1. The largest absolute Gasteiger partial charge is 0.507 e. The summed E-state index contributed by atoms with van der Waals surface area (Å²) in [5, 5.41) is 18.3. The second-order valence-electron chi connectivity index (χ2n) is 3.44. The number of aromatic carboxylic acids is 1. The quantitative estimate of drug-likeness (QED) is 0.760. The normalized spacial score (nSPS) is 10.6. The van der Waals surface area contributed by atoms with Crippen LogP contribution in [0.1, 0.15) is 16.1 Å². The van der Waals surface area contributed by atoms with Crippen LogP contribution in [0, 0.1) is 6.92 Å². The summed E-state index contributed by atoms with van der Waals surface area (Å²) >= 11 is 0. The Morgan fingerprint density at radius 2 is 2.00 bits per heavy atom. The van der Waals surface area contributed by atoms with Crippen LogP contribution in [0.25, 0.3) is 11.0 Å². The monoisotopic (exact) mass is 220 g/mol. The lowest BCUT2D eigenvalue weighted by Crippen LogP contribution is -2.06. The van der Waals surface area contributed by atoms with E-state index in [0.29, 0.717) is 5.56 Å². The molecular weight excluding hydrogens is 212 g/mol. The van der Waals surface area contributed by atoms with Gasteiger partial charge in [0.1, 0.15) is 16.7 Å². The van der Waals surface area contributed by atoms with Gasteiger partial charge in [0, 0.05) is 6.07 Å². The lowest BCUT2D eigenvalue weighted by Gasteiger charge is -2.02. The number of phenolic OH excluding ortho intramolecular Hbond substituents is 1. The Labute approximate surface area is 89.6 Å². The first-order valence-corrected chi connectivity index (χ1v) is 4.50. The highest BCUT2D eigenvalue weighted by Crippen LogP contribution is 2.24. The zero-order valence-electron chi connectivity index (χ0n) is 8.35. The molecule has 0 aliphatic heterocycles. The topological polar surface area (TPSA) is 87.7 Å². The van der Waals surface area contributed by atoms with Crippen LogP contribution in [0.2, 0.25) is 0 Å². The molecule has 1 heterocycles. The summed E-state index contributed by atoms with van der Waals surface area (Å²) in [5.74, 6) is -1.97. The van der Waals surface area contributed by atoms with Crippen molar-refractivity contribution in [2.45, 2.75) is 6.92 Å². The van der Waals surface area contributed by atoms with Crippen LogP contribution >= 0.6 is 0 Å². The number of fused-ring (bicyclic) bond motifs is 1. The number of phenols is 1. The number of hydrogen-bond acceptors (Lipinski definition) is 4. The number of carboxylic acid groups (broad SMARTS) is 1. The molecule has 0 aliphatic carbocycles. The first-order valence-electron chi connectivity index (χ1n) is 4.50. The van der Waals surface area contributed by atoms with Gasteiger partial charge in [0.05, 0.1) is 0 Å². The first kappa shape index (κ1) is 10.2. The van der Waals surface area contributed by atoms with Gasteiger partial charge in [-0.05, 0) is 24.6 Å². The average Bonchev–Trinajstić information content (AvgIpc) is 2.15. The molecule has 16 heavy (non-hydrogen) atoms. The van der Waals surface area contributed by atoms with Gasteiger partial charge >= 0.3 is 5.97 Å². The SMILES string of the molecule is Cc1cc(O)c2c(=O)cc(C(=O)O)oc2c1. The predicted molar refractivity (Wildman–Crippen MR) is 55.8 cm³/mol. The number of hydrogen-bond donors (Lipinski definition) is 2. The third kappa shape index (κ3) is 1.52. The van der Waals surface area contributed by atoms with E-state index in [4.69, 9.17) is 9.52 Å². The number of aryl methyl sites for hydroxylation is 1. The minimum atomic E-state index is -1.32. The molecule has 0 bridgehead atoms. The Balaban J connectivity index is 2.93. The molecule has 0 amide bonds. The Hall–Kier alpha value is -2.30. The van der Waals surface area contributed by atoms with E-state index in [0.717, 1.165) is 6.07 Å². The molecule has 2 aromatic rings.